The van der Waals surface area contributed by atoms with Gasteiger partial charge < -0.3 is 19.0 Å². The van der Waals surface area contributed by atoms with Crippen molar-refractivity contribution in [2.45, 2.75) is 20.0 Å². The molecule has 6 nitrogen and oxygen atoms in total. The minimum atomic E-state index is -1.02. The molecule has 0 atom stereocenters. The minimum Gasteiger partial charge on any atom is -0.493 e. The van der Waals surface area contributed by atoms with E-state index in [9.17, 15) is 9.90 Å². The summed E-state index contributed by atoms with van der Waals surface area (Å²) < 4.78 is 17.6. The van der Waals surface area contributed by atoms with E-state index in [4.69, 9.17) is 13.9 Å². The van der Waals surface area contributed by atoms with Crippen LogP contribution in [-0.4, -0.2) is 22.7 Å². The zero-order chi connectivity index (χ0) is 24.9. The summed E-state index contributed by atoms with van der Waals surface area (Å²) in [6.07, 6.45) is 0.632. The maximum atomic E-state index is 11.7. The van der Waals surface area contributed by atoms with Crippen molar-refractivity contribution >= 4 is 16.7 Å². The van der Waals surface area contributed by atoms with Gasteiger partial charge in [0.2, 0.25) is 5.89 Å². The quantitative estimate of drug-likeness (QED) is 0.253. The number of carbonyl (C=O) groups is 1. The lowest BCUT2D eigenvalue weighted by Crippen LogP contribution is -2.04. The zero-order valence-electron chi connectivity index (χ0n) is 19.8. The molecule has 0 saturated carbocycles. The summed E-state index contributed by atoms with van der Waals surface area (Å²) in [7, 11) is 0. The van der Waals surface area contributed by atoms with Crippen molar-refractivity contribution in [3.8, 4) is 23.0 Å². The monoisotopic (exact) mass is 479 g/mol. The number of ether oxygens (including phenoxy) is 2. The van der Waals surface area contributed by atoms with Crippen molar-refractivity contribution in [2.24, 2.45) is 0 Å². The molecule has 180 valence electrons. The predicted molar refractivity (Wildman–Crippen MR) is 138 cm³/mol. The topological polar surface area (TPSA) is 81.8 Å². The number of nitrogens with zero attached hydrogens (tertiary/aromatic N) is 1. The standard InChI is InChI=1S/C30H25NO5/c1-20-27(31-29(36-20)22-7-3-2-4-8-22)15-16-34-25-13-11-21(12-14-25)19-35-28-18-24-10-6-5-9-23(24)17-26(28)30(32)33/h2-14,17-18H,15-16,19H2,1H3,(H,32,33). The Morgan fingerprint density at radius 1 is 0.889 bits per heavy atom. The van der Waals surface area contributed by atoms with E-state index in [0.29, 0.717) is 24.7 Å². The third kappa shape index (κ3) is 5.23. The highest BCUT2D eigenvalue weighted by Crippen LogP contribution is 2.27. The first-order chi connectivity index (χ1) is 17.6. The molecule has 0 aliphatic heterocycles. The van der Waals surface area contributed by atoms with Crippen molar-refractivity contribution in [1.82, 2.24) is 4.98 Å². The van der Waals surface area contributed by atoms with Crippen LogP contribution < -0.4 is 9.47 Å². The number of aromatic nitrogens is 1. The molecule has 0 amide bonds. The zero-order valence-corrected chi connectivity index (χ0v) is 19.8. The molecule has 5 rings (SSSR count). The van der Waals surface area contributed by atoms with Gasteiger partial charge in [0, 0.05) is 12.0 Å². The van der Waals surface area contributed by atoms with Crippen LogP contribution in [0.3, 0.4) is 0 Å². The largest absolute Gasteiger partial charge is 0.493 e. The third-order valence-electron chi connectivity index (χ3n) is 5.92. The van der Waals surface area contributed by atoms with Gasteiger partial charge in [-0.2, -0.15) is 0 Å². The molecule has 5 aromatic rings. The fourth-order valence-electron chi connectivity index (χ4n) is 3.98. The lowest BCUT2D eigenvalue weighted by atomic mass is 10.1. The summed E-state index contributed by atoms with van der Waals surface area (Å²) in [5.74, 6) is 1.47. The highest BCUT2D eigenvalue weighted by Gasteiger charge is 2.14. The second-order valence-electron chi connectivity index (χ2n) is 8.42. The van der Waals surface area contributed by atoms with Crippen LogP contribution in [0.5, 0.6) is 11.5 Å². The van der Waals surface area contributed by atoms with Crippen molar-refractivity contribution in [1.29, 1.82) is 0 Å². The molecule has 36 heavy (non-hydrogen) atoms. The molecule has 0 aliphatic carbocycles. The van der Waals surface area contributed by atoms with Crippen LogP contribution in [0, 0.1) is 6.92 Å². The Kier molecular flexibility index (Phi) is 6.67. The van der Waals surface area contributed by atoms with E-state index in [-0.39, 0.29) is 12.2 Å². The summed E-state index contributed by atoms with van der Waals surface area (Å²) in [5.41, 5.74) is 2.88. The number of hydrogen-bond acceptors (Lipinski definition) is 5. The number of oxazole rings is 1. The molecule has 1 heterocycles. The summed E-state index contributed by atoms with van der Waals surface area (Å²) in [6.45, 7) is 2.63. The van der Waals surface area contributed by atoms with Crippen LogP contribution in [0.1, 0.15) is 27.4 Å². The molecule has 0 radical (unpaired) electrons. The first kappa shape index (κ1) is 23.2. The number of fused-ring (bicyclic) bond motifs is 1. The second-order valence-corrected chi connectivity index (χ2v) is 8.42. The van der Waals surface area contributed by atoms with Gasteiger partial charge in [-0.1, -0.05) is 54.6 Å². The van der Waals surface area contributed by atoms with E-state index in [1.807, 2.05) is 85.8 Å². The number of rotatable bonds is 9. The molecular weight excluding hydrogens is 454 g/mol. The van der Waals surface area contributed by atoms with E-state index in [1.54, 1.807) is 12.1 Å². The SMILES string of the molecule is Cc1oc(-c2ccccc2)nc1CCOc1ccc(COc2cc3ccccc3cc2C(=O)O)cc1. The van der Waals surface area contributed by atoms with Gasteiger partial charge in [-0.05, 0) is 59.7 Å². The molecule has 0 spiro atoms. The number of hydrogen-bond donors (Lipinski definition) is 1. The van der Waals surface area contributed by atoms with Crippen molar-refractivity contribution in [3.05, 3.63) is 114 Å². The Balaban J connectivity index is 1.18. The van der Waals surface area contributed by atoms with Gasteiger partial charge in [-0.3, -0.25) is 0 Å². The van der Waals surface area contributed by atoms with Crippen LogP contribution in [0.4, 0.5) is 0 Å². The van der Waals surface area contributed by atoms with E-state index in [1.165, 1.54) is 0 Å². The van der Waals surface area contributed by atoms with Gasteiger partial charge in [0.25, 0.3) is 0 Å². The van der Waals surface area contributed by atoms with Gasteiger partial charge in [0.1, 0.15) is 29.4 Å². The van der Waals surface area contributed by atoms with E-state index < -0.39 is 5.97 Å². The maximum Gasteiger partial charge on any atom is 0.339 e. The van der Waals surface area contributed by atoms with Crippen molar-refractivity contribution < 1.29 is 23.8 Å². The van der Waals surface area contributed by atoms with Gasteiger partial charge in [-0.25, -0.2) is 9.78 Å². The van der Waals surface area contributed by atoms with Gasteiger partial charge in [-0.15, -0.1) is 0 Å². The lowest BCUT2D eigenvalue weighted by Gasteiger charge is -2.12. The van der Waals surface area contributed by atoms with Crippen LogP contribution in [0.15, 0.2) is 95.4 Å². The molecule has 0 fully saturated rings. The molecule has 0 aliphatic rings. The fourth-order valence-corrected chi connectivity index (χ4v) is 3.98. The molecule has 1 N–H and O–H groups in total. The highest BCUT2D eigenvalue weighted by atomic mass is 16.5. The number of carboxylic acid groups (broad SMARTS) is 1. The number of carboxylic acids is 1. The minimum absolute atomic E-state index is 0.146. The summed E-state index contributed by atoms with van der Waals surface area (Å²) >= 11 is 0. The van der Waals surface area contributed by atoms with Gasteiger partial charge >= 0.3 is 5.97 Å². The Morgan fingerprint density at radius 3 is 2.31 bits per heavy atom. The van der Waals surface area contributed by atoms with Crippen LogP contribution >= 0.6 is 0 Å². The highest BCUT2D eigenvalue weighted by molar-refractivity contribution is 5.97. The first-order valence-electron chi connectivity index (χ1n) is 11.7. The lowest BCUT2D eigenvalue weighted by molar-refractivity contribution is 0.0692. The van der Waals surface area contributed by atoms with E-state index in [2.05, 4.69) is 4.98 Å². The number of aryl methyl sites for hydroxylation is 1. The molecule has 4 aromatic carbocycles. The summed E-state index contributed by atoms with van der Waals surface area (Å²) in [5, 5.41) is 11.4. The Labute approximate surface area is 208 Å². The molecule has 0 saturated heterocycles. The average Bonchev–Trinajstić information content (AvgIpc) is 3.28. The van der Waals surface area contributed by atoms with Gasteiger partial charge in [0.15, 0.2) is 0 Å². The molecule has 6 heteroatoms. The Bertz CT molecular complexity index is 1490. The van der Waals surface area contributed by atoms with Gasteiger partial charge in [0.05, 0.1) is 12.3 Å². The average molecular weight is 480 g/mol. The smallest absolute Gasteiger partial charge is 0.339 e. The molecule has 0 unspecified atom stereocenters. The summed E-state index contributed by atoms with van der Waals surface area (Å²) in [4.78, 5) is 16.3. The maximum absolute atomic E-state index is 11.7. The summed E-state index contributed by atoms with van der Waals surface area (Å²) in [6, 6.07) is 28.4. The third-order valence-corrected chi connectivity index (χ3v) is 5.92. The number of benzene rings is 4. The van der Waals surface area contributed by atoms with Crippen molar-refractivity contribution in [3.63, 3.8) is 0 Å². The van der Waals surface area contributed by atoms with Crippen molar-refractivity contribution in [2.75, 3.05) is 6.61 Å². The normalized spacial score (nSPS) is 10.9. The Hall–Kier alpha value is -4.58. The second kappa shape index (κ2) is 10.4. The van der Waals surface area contributed by atoms with E-state index >= 15 is 0 Å². The Morgan fingerprint density at radius 2 is 1.58 bits per heavy atom. The molecule has 1 aromatic heterocycles. The predicted octanol–water partition coefficient (Wildman–Crippen LogP) is 6.70. The fraction of sp³-hybridized carbons (Fsp3) is 0.133. The van der Waals surface area contributed by atoms with E-state index in [0.717, 1.165) is 39.1 Å². The van der Waals surface area contributed by atoms with Crippen LogP contribution in [0.2, 0.25) is 0 Å². The van der Waals surface area contributed by atoms with Crippen LogP contribution in [-0.2, 0) is 13.0 Å². The first-order valence-corrected chi connectivity index (χ1v) is 11.7. The van der Waals surface area contributed by atoms with Crippen LogP contribution in [0.25, 0.3) is 22.2 Å². The molecule has 0 bridgehead atoms. The molecular formula is C30H25NO5. The number of aromatic carboxylic acids is 1.